The lowest BCUT2D eigenvalue weighted by Crippen LogP contribution is -2.52. The summed E-state index contributed by atoms with van der Waals surface area (Å²) < 4.78 is 8.49. The second-order valence-corrected chi connectivity index (χ2v) is 10.8. The van der Waals surface area contributed by atoms with Gasteiger partial charge in [0.05, 0.1) is 28.2 Å². The van der Waals surface area contributed by atoms with Gasteiger partial charge in [0.2, 0.25) is 5.91 Å². The third kappa shape index (κ3) is 3.89. The molecule has 4 bridgehead atoms. The van der Waals surface area contributed by atoms with E-state index in [1.54, 1.807) is 11.3 Å². The molecule has 1 N–H and O–H groups in total. The first-order valence-electron chi connectivity index (χ1n) is 10.1. The third-order valence-corrected chi connectivity index (χ3v) is 8.59. The zero-order chi connectivity index (χ0) is 18.3. The second-order valence-electron chi connectivity index (χ2n) is 8.54. The first-order valence-corrected chi connectivity index (χ1v) is 11.9. The summed E-state index contributed by atoms with van der Waals surface area (Å²) >= 11 is 3.16. The average molecular weight is 403 g/mol. The van der Waals surface area contributed by atoms with Gasteiger partial charge < -0.3 is 10.1 Å². The third-order valence-electron chi connectivity index (χ3n) is 6.42. The number of carbonyl (C=O) groups excluding carboxylic acids is 1. The summed E-state index contributed by atoms with van der Waals surface area (Å²) in [4.78, 5) is 16.7. The minimum Gasteiger partial charge on any atom is -0.373 e. The van der Waals surface area contributed by atoms with E-state index >= 15 is 0 Å². The number of nitrogens with one attached hydrogen (secondary N) is 1. The molecule has 0 atom stereocenters. The van der Waals surface area contributed by atoms with Crippen molar-refractivity contribution in [1.82, 2.24) is 10.3 Å². The molecule has 4 aliphatic rings. The number of carbonyl (C=O) groups is 1. The van der Waals surface area contributed by atoms with E-state index in [-0.39, 0.29) is 11.5 Å². The van der Waals surface area contributed by atoms with E-state index in [9.17, 15) is 4.79 Å². The van der Waals surface area contributed by atoms with E-state index < -0.39 is 0 Å². The summed E-state index contributed by atoms with van der Waals surface area (Å²) in [5.74, 6) is 3.17. The highest BCUT2D eigenvalue weighted by atomic mass is 32.2. The molecule has 144 valence electrons. The summed E-state index contributed by atoms with van der Waals surface area (Å²) in [6.07, 6.45) is 8.05. The van der Waals surface area contributed by atoms with Crippen molar-refractivity contribution in [3.8, 4) is 0 Å². The molecule has 6 heteroatoms. The zero-order valence-corrected chi connectivity index (χ0v) is 17.1. The van der Waals surface area contributed by atoms with Gasteiger partial charge in [-0.2, -0.15) is 0 Å². The van der Waals surface area contributed by atoms with Gasteiger partial charge in [-0.15, -0.1) is 11.3 Å². The molecule has 4 nitrogen and oxygen atoms in total. The zero-order valence-electron chi connectivity index (χ0n) is 15.5. The molecule has 4 aliphatic carbocycles. The van der Waals surface area contributed by atoms with Crippen LogP contribution in [-0.2, 0) is 9.53 Å². The Bertz CT molecular complexity index is 766. The first kappa shape index (κ1) is 18.0. The van der Waals surface area contributed by atoms with Gasteiger partial charge in [-0.05, 0) is 68.4 Å². The Balaban J connectivity index is 1.05. The van der Waals surface area contributed by atoms with E-state index in [1.165, 1.54) is 55.0 Å². The molecule has 6 rings (SSSR count). The van der Waals surface area contributed by atoms with Crippen molar-refractivity contribution in [2.75, 3.05) is 18.9 Å². The topological polar surface area (TPSA) is 51.2 Å². The molecule has 0 unspecified atom stereocenters. The predicted molar refractivity (Wildman–Crippen MR) is 110 cm³/mol. The van der Waals surface area contributed by atoms with Gasteiger partial charge in [0.25, 0.3) is 0 Å². The van der Waals surface area contributed by atoms with Crippen molar-refractivity contribution in [2.45, 2.75) is 48.5 Å². The van der Waals surface area contributed by atoms with E-state index in [1.807, 2.05) is 18.2 Å². The van der Waals surface area contributed by atoms with Gasteiger partial charge in [0.15, 0.2) is 4.34 Å². The van der Waals surface area contributed by atoms with Crippen LogP contribution in [0.3, 0.4) is 0 Å². The normalized spacial score (nSPS) is 31.5. The van der Waals surface area contributed by atoms with E-state index in [2.05, 4.69) is 16.4 Å². The number of aromatic nitrogens is 1. The first-order chi connectivity index (χ1) is 13.2. The Kier molecular flexibility index (Phi) is 4.90. The van der Waals surface area contributed by atoms with Gasteiger partial charge >= 0.3 is 0 Å². The lowest BCUT2D eigenvalue weighted by Gasteiger charge is -2.56. The molecule has 4 fully saturated rings. The quantitative estimate of drug-likeness (QED) is 0.548. The fourth-order valence-electron chi connectivity index (χ4n) is 5.76. The van der Waals surface area contributed by atoms with Crippen LogP contribution in [0, 0.1) is 17.8 Å². The van der Waals surface area contributed by atoms with Crippen LogP contribution in [0.4, 0.5) is 0 Å². The molecule has 1 heterocycles. The molecule has 27 heavy (non-hydrogen) atoms. The van der Waals surface area contributed by atoms with Gasteiger partial charge in [0, 0.05) is 6.54 Å². The molecule has 0 aliphatic heterocycles. The second kappa shape index (κ2) is 7.37. The highest BCUT2D eigenvalue weighted by Gasteiger charge is 2.51. The standard InChI is InChI=1S/C21H26N2O2S2/c24-19(13-26-20-23-17-3-1-2-4-18(17)27-20)22-5-6-25-21-10-14-7-15(11-21)9-16(8-14)12-21/h1-4,14-16H,5-13H2,(H,22,24). The number of hydrogen-bond acceptors (Lipinski definition) is 5. The summed E-state index contributed by atoms with van der Waals surface area (Å²) in [6, 6.07) is 8.09. The van der Waals surface area contributed by atoms with Gasteiger partial charge in [-0.25, -0.2) is 4.98 Å². The van der Waals surface area contributed by atoms with Crippen LogP contribution < -0.4 is 5.32 Å². The molecule has 0 spiro atoms. The van der Waals surface area contributed by atoms with Crippen LogP contribution in [0.5, 0.6) is 0 Å². The van der Waals surface area contributed by atoms with Crippen LogP contribution in [0.25, 0.3) is 10.2 Å². The van der Waals surface area contributed by atoms with Crippen molar-refractivity contribution in [3.05, 3.63) is 24.3 Å². The number of benzene rings is 1. The number of amides is 1. The maximum atomic E-state index is 12.1. The molecule has 4 saturated carbocycles. The largest absolute Gasteiger partial charge is 0.373 e. The number of hydrogen-bond donors (Lipinski definition) is 1. The molecule has 1 amide bonds. The molecular formula is C21H26N2O2S2. The molecule has 0 radical (unpaired) electrons. The minimum absolute atomic E-state index is 0.0633. The number of thiazole rings is 1. The van der Waals surface area contributed by atoms with Crippen LogP contribution in [-0.4, -0.2) is 35.4 Å². The minimum atomic E-state index is 0.0633. The fourth-order valence-corrected chi connectivity index (χ4v) is 7.66. The molecule has 1 aromatic heterocycles. The molecule has 1 aromatic carbocycles. The van der Waals surface area contributed by atoms with Gasteiger partial charge in [-0.1, -0.05) is 23.9 Å². The van der Waals surface area contributed by atoms with Crippen molar-refractivity contribution >= 4 is 39.2 Å². The van der Waals surface area contributed by atoms with E-state index in [0.29, 0.717) is 18.9 Å². The number of nitrogens with zero attached hydrogens (tertiary/aromatic N) is 1. The monoisotopic (exact) mass is 402 g/mol. The molecule has 0 saturated heterocycles. The summed E-state index contributed by atoms with van der Waals surface area (Å²) in [6.45, 7) is 1.25. The summed E-state index contributed by atoms with van der Waals surface area (Å²) in [5, 5.41) is 3.01. The lowest BCUT2D eigenvalue weighted by molar-refractivity contribution is -0.161. The van der Waals surface area contributed by atoms with Crippen LogP contribution in [0.15, 0.2) is 28.6 Å². The highest BCUT2D eigenvalue weighted by molar-refractivity contribution is 8.01. The van der Waals surface area contributed by atoms with Crippen molar-refractivity contribution in [2.24, 2.45) is 17.8 Å². The Hall–Kier alpha value is -1.11. The van der Waals surface area contributed by atoms with Crippen molar-refractivity contribution in [3.63, 3.8) is 0 Å². The van der Waals surface area contributed by atoms with Crippen LogP contribution in [0.2, 0.25) is 0 Å². The summed E-state index contributed by atoms with van der Waals surface area (Å²) in [5.41, 5.74) is 1.14. The number of fused-ring (bicyclic) bond motifs is 1. The fraction of sp³-hybridized carbons (Fsp3) is 0.619. The Morgan fingerprint density at radius 2 is 1.89 bits per heavy atom. The Labute approximate surface area is 168 Å². The number of para-hydroxylation sites is 1. The van der Waals surface area contributed by atoms with E-state index in [0.717, 1.165) is 27.6 Å². The van der Waals surface area contributed by atoms with Crippen molar-refractivity contribution in [1.29, 1.82) is 0 Å². The molecular weight excluding hydrogens is 376 g/mol. The smallest absolute Gasteiger partial charge is 0.230 e. The summed E-state index contributed by atoms with van der Waals surface area (Å²) in [7, 11) is 0. The van der Waals surface area contributed by atoms with Crippen LogP contribution in [0.1, 0.15) is 38.5 Å². The maximum absolute atomic E-state index is 12.1. The van der Waals surface area contributed by atoms with E-state index in [4.69, 9.17) is 4.74 Å². The van der Waals surface area contributed by atoms with Crippen molar-refractivity contribution < 1.29 is 9.53 Å². The SMILES string of the molecule is O=C(CSc1nc2ccccc2s1)NCCOC12CC3CC(CC(C3)C1)C2. The average Bonchev–Trinajstić information content (AvgIpc) is 3.05. The number of ether oxygens (including phenoxy) is 1. The predicted octanol–water partition coefficient (Wildman–Crippen LogP) is 4.49. The Morgan fingerprint density at radius 1 is 1.19 bits per heavy atom. The van der Waals surface area contributed by atoms with Gasteiger partial charge in [-0.3, -0.25) is 4.79 Å². The molecule has 2 aromatic rings. The highest BCUT2D eigenvalue weighted by Crippen LogP contribution is 2.57. The maximum Gasteiger partial charge on any atom is 0.230 e. The lowest BCUT2D eigenvalue weighted by atomic mass is 9.54. The number of thioether (sulfide) groups is 1. The van der Waals surface area contributed by atoms with Crippen LogP contribution >= 0.6 is 23.1 Å². The number of rotatable bonds is 7. The Morgan fingerprint density at radius 3 is 2.59 bits per heavy atom. The van der Waals surface area contributed by atoms with Gasteiger partial charge in [0.1, 0.15) is 0 Å².